The summed E-state index contributed by atoms with van der Waals surface area (Å²) in [5.41, 5.74) is -0.816. The molecule has 2 aliphatic rings. The zero-order valence-corrected chi connectivity index (χ0v) is 13.5. The number of carbonyl (C=O) groups excluding carboxylic acids is 1. The van der Waals surface area contributed by atoms with Gasteiger partial charge in [0.15, 0.2) is 0 Å². The summed E-state index contributed by atoms with van der Waals surface area (Å²) < 4.78 is 5.84. The number of likely N-dealkylation sites (tertiary alicyclic amines) is 1. The number of nitrogens with zero attached hydrogens (tertiary/aromatic N) is 2. The fourth-order valence-corrected chi connectivity index (χ4v) is 3.62. The van der Waals surface area contributed by atoms with Crippen molar-refractivity contribution >= 4 is 5.91 Å². The monoisotopic (exact) mass is 323 g/mol. The summed E-state index contributed by atoms with van der Waals surface area (Å²) >= 11 is 0. The van der Waals surface area contributed by atoms with Gasteiger partial charge < -0.3 is 19.8 Å². The van der Waals surface area contributed by atoms with Crippen molar-refractivity contribution in [1.29, 1.82) is 0 Å². The number of hydrogen-bond acceptors (Lipinski definition) is 5. The predicted molar refractivity (Wildman–Crippen MR) is 82.7 cm³/mol. The Morgan fingerprint density at radius 1 is 1.48 bits per heavy atom. The van der Waals surface area contributed by atoms with Gasteiger partial charge in [0.05, 0.1) is 18.4 Å². The van der Waals surface area contributed by atoms with E-state index in [0.29, 0.717) is 51.8 Å². The Balaban J connectivity index is 1.54. The van der Waals surface area contributed by atoms with Crippen molar-refractivity contribution in [3.05, 3.63) is 18.0 Å². The van der Waals surface area contributed by atoms with Crippen molar-refractivity contribution in [2.45, 2.75) is 56.3 Å². The highest BCUT2D eigenvalue weighted by atomic mass is 16.5. The maximum atomic E-state index is 12.3. The molecule has 2 atom stereocenters. The highest BCUT2D eigenvalue weighted by Crippen LogP contribution is 2.39. The lowest BCUT2D eigenvalue weighted by molar-refractivity contribution is -0.245. The minimum absolute atomic E-state index is 0.109. The number of ether oxygens (including phenoxy) is 1. The van der Waals surface area contributed by atoms with Gasteiger partial charge in [0.25, 0.3) is 0 Å². The van der Waals surface area contributed by atoms with Gasteiger partial charge in [-0.2, -0.15) is 5.10 Å². The second kappa shape index (κ2) is 6.22. The van der Waals surface area contributed by atoms with E-state index in [1.165, 1.54) is 0 Å². The number of rotatable bonds is 3. The molecule has 23 heavy (non-hydrogen) atoms. The van der Waals surface area contributed by atoms with Crippen LogP contribution in [0.15, 0.2) is 12.4 Å². The van der Waals surface area contributed by atoms with Crippen LogP contribution in [-0.2, 0) is 16.0 Å². The number of hydrogen-bond donors (Lipinski definition) is 3. The summed E-state index contributed by atoms with van der Waals surface area (Å²) in [6.45, 7) is 3.21. The van der Waals surface area contributed by atoms with Gasteiger partial charge in [-0.3, -0.25) is 9.89 Å². The molecular weight excluding hydrogens is 298 g/mol. The smallest absolute Gasteiger partial charge is 0.222 e. The number of carbonyl (C=O) groups is 1. The van der Waals surface area contributed by atoms with E-state index in [1.807, 2.05) is 4.90 Å². The van der Waals surface area contributed by atoms with Gasteiger partial charge in [-0.1, -0.05) is 0 Å². The van der Waals surface area contributed by atoms with E-state index in [4.69, 9.17) is 4.74 Å². The molecule has 1 aromatic heterocycles. The Kier molecular flexibility index (Phi) is 4.44. The molecule has 2 saturated heterocycles. The Hall–Kier alpha value is -1.44. The van der Waals surface area contributed by atoms with Crippen LogP contribution >= 0.6 is 0 Å². The van der Waals surface area contributed by atoms with Gasteiger partial charge in [0.1, 0.15) is 11.7 Å². The number of aromatic nitrogens is 2. The quantitative estimate of drug-likeness (QED) is 0.740. The maximum absolute atomic E-state index is 12.3. The molecule has 0 unspecified atom stereocenters. The van der Waals surface area contributed by atoms with Crippen LogP contribution in [0.5, 0.6) is 0 Å². The third-order valence-electron chi connectivity index (χ3n) is 5.23. The summed E-state index contributed by atoms with van der Waals surface area (Å²) in [6, 6.07) is 0. The van der Waals surface area contributed by atoms with Crippen molar-refractivity contribution in [3.63, 3.8) is 0 Å². The zero-order valence-electron chi connectivity index (χ0n) is 13.5. The van der Waals surface area contributed by atoms with Crippen LogP contribution in [-0.4, -0.2) is 68.2 Å². The average Bonchev–Trinajstić information content (AvgIpc) is 3.04. The molecule has 3 rings (SSSR count). The number of amides is 1. The number of piperidine rings is 1. The molecule has 1 aromatic rings. The predicted octanol–water partition coefficient (Wildman–Crippen LogP) is 0.236. The summed E-state index contributed by atoms with van der Waals surface area (Å²) in [4.78, 5) is 14.1. The number of aromatic amines is 1. The molecule has 7 nitrogen and oxygen atoms in total. The Morgan fingerprint density at radius 3 is 2.87 bits per heavy atom. The molecule has 128 valence electrons. The average molecular weight is 323 g/mol. The maximum Gasteiger partial charge on any atom is 0.222 e. The summed E-state index contributed by atoms with van der Waals surface area (Å²) in [7, 11) is 0. The van der Waals surface area contributed by atoms with Crippen LogP contribution in [0.3, 0.4) is 0 Å². The molecule has 2 aliphatic heterocycles. The van der Waals surface area contributed by atoms with Crippen LogP contribution in [0.2, 0.25) is 0 Å². The molecule has 0 aliphatic carbocycles. The topological polar surface area (TPSA) is 98.7 Å². The summed E-state index contributed by atoms with van der Waals surface area (Å²) in [6.07, 6.45) is 5.29. The second-order valence-corrected chi connectivity index (χ2v) is 6.91. The highest BCUT2D eigenvalue weighted by Gasteiger charge is 2.52. The molecule has 3 N–H and O–H groups in total. The molecule has 0 bridgehead atoms. The van der Waals surface area contributed by atoms with E-state index < -0.39 is 17.3 Å². The van der Waals surface area contributed by atoms with Gasteiger partial charge in [0, 0.05) is 32.1 Å². The molecule has 2 fully saturated rings. The van der Waals surface area contributed by atoms with E-state index in [1.54, 1.807) is 19.3 Å². The fourth-order valence-electron chi connectivity index (χ4n) is 3.62. The standard InChI is InChI=1S/C16H25N3O4/c1-15(22)6-9-23-16(14(15)21)4-7-19(8-5-16)13(20)3-2-12-10-17-18-11-12/h10-11,14,21-22H,2-9H2,1H3,(H,17,18)/t14-,15+/m0/s1. The Bertz CT molecular complexity index is 536. The molecule has 3 heterocycles. The first-order valence-corrected chi connectivity index (χ1v) is 8.23. The largest absolute Gasteiger partial charge is 0.387 e. The third kappa shape index (κ3) is 3.27. The van der Waals surface area contributed by atoms with Crippen LogP contribution in [0, 0.1) is 0 Å². The number of nitrogens with one attached hydrogen (secondary N) is 1. The van der Waals surface area contributed by atoms with E-state index in [2.05, 4.69) is 10.2 Å². The normalized spacial score (nSPS) is 30.6. The SMILES string of the molecule is C[C@@]1(O)CCOC2(CCN(C(=O)CCc3cn[nH]c3)CC2)[C@H]1O. The lowest BCUT2D eigenvalue weighted by Crippen LogP contribution is -2.64. The molecule has 1 spiro atoms. The Morgan fingerprint density at radius 2 is 2.22 bits per heavy atom. The van der Waals surface area contributed by atoms with Gasteiger partial charge in [-0.25, -0.2) is 0 Å². The first-order valence-electron chi connectivity index (χ1n) is 8.23. The van der Waals surface area contributed by atoms with E-state index in [0.717, 1.165) is 5.56 Å². The molecule has 1 amide bonds. The molecule has 0 radical (unpaired) electrons. The minimum atomic E-state index is -1.12. The van der Waals surface area contributed by atoms with Gasteiger partial charge in [-0.05, 0) is 31.7 Å². The van der Waals surface area contributed by atoms with Crippen molar-refractivity contribution in [2.75, 3.05) is 19.7 Å². The first-order chi connectivity index (χ1) is 10.9. The van der Waals surface area contributed by atoms with E-state index in [9.17, 15) is 15.0 Å². The van der Waals surface area contributed by atoms with Crippen LogP contribution in [0.25, 0.3) is 0 Å². The summed E-state index contributed by atoms with van der Waals surface area (Å²) in [5.74, 6) is 0.109. The fraction of sp³-hybridized carbons (Fsp3) is 0.750. The van der Waals surface area contributed by atoms with Crippen LogP contribution < -0.4 is 0 Å². The van der Waals surface area contributed by atoms with E-state index >= 15 is 0 Å². The van der Waals surface area contributed by atoms with Crippen LogP contribution in [0.4, 0.5) is 0 Å². The van der Waals surface area contributed by atoms with E-state index in [-0.39, 0.29) is 5.91 Å². The second-order valence-electron chi connectivity index (χ2n) is 6.91. The van der Waals surface area contributed by atoms with Crippen molar-refractivity contribution in [1.82, 2.24) is 15.1 Å². The molecule has 0 aromatic carbocycles. The minimum Gasteiger partial charge on any atom is -0.387 e. The lowest BCUT2D eigenvalue weighted by atomic mass is 9.75. The van der Waals surface area contributed by atoms with Crippen LogP contribution in [0.1, 0.15) is 38.2 Å². The number of aliphatic hydroxyl groups is 2. The first kappa shape index (κ1) is 16.4. The molecule has 7 heteroatoms. The third-order valence-corrected chi connectivity index (χ3v) is 5.23. The Labute approximate surface area is 135 Å². The molecule has 0 saturated carbocycles. The van der Waals surface area contributed by atoms with Crippen molar-refractivity contribution in [3.8, 4) is 0 Å². The highest BCUT2D eigenvalue weighted by molar-refractivity contribution is 5.76. The molecular formula is C16H25N3O4. The number of aliphatic hydroxyl groups excluding tert-OH is 1. The lowest BCUT2D eigenvalue weighted by Gasteiger charge is -2.51. The number of H-pyrrole nitrogens is 1. The van der Waals surface area contributed by atoms with Gasteiger partial charge >= 0.3 is 0 Å². The zero-order chi connectivity index (χ0) is 16.5. The van der Waals surface area contributed by atoms with Crippen molar-refractivity contribution < 1.29 is 19.7 Å². The van der Waals surface area contributed by atoms with Gasteiger partial charge in [0.2, 0.25) is 5.91 Å². The summed E-state index contributed by atoms with van der Waals surface area (Å²) in [5, 5.41) is 27.4. The number of aryl methyl sites for hydroxylation is 1. The van der Waals surface area contributed by atoms with Gasteiger partial charge in [-0.15, -0.1) is 0 Å². The van der Waals surface area contributed by atoms with Crippen molar-refractivity contribution in [2.24, 2.45) is 0 Å².